The molecule has 0 aliphatic heterocycles. The number of ether oxygens (including phenoxy) is 3. The zero-order valence-electron chi connectivity index (χ0n) is 43.1. The summed E-state index contributed by atoms with van der Waals surface area (Å²) in [6, 6.07) is 0. The molecule has 0 rings (SSSR count). The zero-order chi connectivity index (χ0) is 48.6. The lowest BCUT2D eigenvalue weighted by molar-refractivity contribution is -0.167. The summed E-state index contributed by atoms with van der Waals surface area (Å²) in [7, 11) is 0. The number of carbonyl (C=O) groups excluding carboxylic acids is 3. The Balaban J connectivity index is 4.54. The van der Waals surface area contributed by atoms with E-state index in [4.69, 9.17) is 14.2 Å². The van der Waals surface area contributed by atoms with Gasteiger partial charge in [-0.3, -0.25) is 14.4 Å². The van der Waals surface area contributed by atoms with Crippen LogP contribution >= 0.6 is 0 Å². The van der Waals surface area contributed by atoms with Gasteiger partial charge >= 0.3 is 17.9 Å². The molecule has 0 amide bonds. The molecular formula is C61H98O6. The van der Waals surface area contributed by atoms with E-state index in [1.54, 1.807) is 0 Å². The van der Waals surface area contributed by atoms with Crippen LogP contribution in [0.1, 0.15) is 226 Å². The lowest BCUT2D eigenvalue weighted by Gasteiger charge is -2.18. The average molecular weight is 927 g/mol. The van der Waals surface area contributed by atoms with E-state index >= 15 is 0 Å². The molecule has 0 aromatic rings. The molecule has 0 saturated carbocycles. The Kier molecular flexibility index (Phi) is 51.0. The number of rotatable bonds is 47. The van der Waals surface area contributed by atoms with Gasteiger partial charge < -0.3 is 14.2 Å². The van der Waals surface area contributed by atoms with Gasteiger partial charge in [-0.05, 0) is 128 Å². The van der Waals surface area contributed by atoms with Gasteiger partial charge in [0.15, 0.2) is 6.10 Å². The topological polar surface area (TPSA) is 78.9 Å². The van der Waals surface area contributed by atoms with E-state index in [0.29, 0.717) is 19.3 Å². The van der Waals surface area contributed by atoms with Crippen molar-refractivity contribution >= 4 is 17.9 Å². The van der Waals surface area contributed by atoms with Crippen LogP contribution in [0.25, 0.3) is 0 Å². The van der Waals surface area contributed by atoms with Crippen LogP contribution in [0.15, 0.2) is 122 Å². The van der Waals surface area contributed by atoms with E-state index in [0.717, 1.165) is 128 Å². The lowest BCUT2D eigenvalue weighted by Crippen LogP contribution is -2.30. The van der Waals surface area contributed by atoms with E-state index in [-0.39, 0.29) is 37.5 Å². The van der Waals surface area contributed by atoms with Gasteiger partial charge in [0, 0.05) is 19.3 Å². The summed E-state index contributed by atoms with van der Waals surface area (Å²) in [6.07, 6.45) is 74.7. The molecule has 0 aromatic carbocycles. The van der Waals surface area contributed by atoms with Gasteiger partial charge in [0.1, 0.15) is 13.2 Å². The molecule has 378 valence electrons. The van der Waals surface area contributed by atoms with Gasteiger partial charge in [0.25, 0.3) is 0 Å². The van der Waals surface area contributed by atoms with Gasteiger partial charge in [0.05, 0.1) is 0 Å². The number of esters is 3. The smallest absolute Gasteiger partial charge is 0.306 e. The molecular weight excluding hydrogens is 829 g/mol. The van der Waals surface area contributed by atoms with Crippen LogP contribution in [-0.4, -0.2) is 37.2 Å². The van der Waals surface area contributed by atoms with Gasteiger partial charge in [-0.2, -0.15) is 0 Å². The van der Waals surface area contributed by atoms with E-state index in [2.05, 4.69) is 142 Å². The van der Waals surface area contributed by atoms with Crippen LogP contribution in [0.2, 0.25) is 0 Å². The molecule has 1 atom stereocenters. The minimum absolute atomic E-state index is 0.113. The molecule has 0 radical (unpaired) electrons. The van der Waals surface area contributed by atoms with Crippen molar-refractivity contribution in [1.82, 2.24) is 0 Å². The quantitative estimate of drug-likeness (QED) is 0.0262. The molecule has 0 spiro atoms. The Morgan fingerprint density at radius 1 is 0.313 bits per heavy atom. The fourth-order valence-corrected chi connectivity index (χ4v) is 6.92. The van der Waals surface area contributed by atoms with Crippen molar-refractivity contribution < 1.29 is 28.6 Å². The molecule has 67 heavy (non-hydrogen) atoms. The monoisotopic (exact) mass is 927 g/mol. The fourth-order valence-electron chi connectivity index (χ4n) is 6.92. The Morgan fingerprint density at radius 3 is 0.970 bits per heavy atom. The highest BCUT2D eigenvalue weighted by Crippen LogP contribution is 2.12. The Morgan fingerprint density at radius 2 is 0.582 bits per heavy atom. The van der Waals surface area contributed by atoms with Crippen molar-refractivity contribution in [2.75, 3.05) is 13.2 Å². The first-order valence-corrected chi connectivity index (χ1v) is 27.0. The first kappa shape index (κ1) is 62.8. The van der Waals surface area contributed by atoms with Crippen molar-refractivity contribution in [1.29, 1.82) is 0 Å². The summed E-state index contributed by atoms with van der Waals surface area (Å²) < 4.78 is 16.8. The number of unbranched alkanes of at least 4 members (excludes halogenated alkanes) is 16. The predicted octanol–water partition coefficient (Wildman–Crippen LogP) is 18.1. The van der Waals surface area contributed by atoms with Crippen LogP contribution in [0, 0.1) is 0 Å². The Bertz CT molecular complexity index is 1440. The van der Waals surface area contributed by atoms with Crippen LogP contribution in [0.4, 0.5) is 0 Å². The third-order valence-electron chi connectivity index (χ3n) is 10.9. The second-order valence-corrected chi connectivity index (χ2v) is 17.4. The van der Waals surface area contributed by atoms with E-state index < -0.39 is 6.10 Å². The molecule has 0 saturated heterocycles. The number of hydrogen-bond acceptors (Lipinski definition) is 6. The molecule has 0 aliphatic rings. The molecule has 6 nitrogen and oxygen atoms in total. The third kappa shape index (κ3) is 52.6. The van der Waals surface area contributed by atoms with Gasteiger partial charge in [-0.25, -0.2) is 0 Å². The van der Waals surface area contributed by atoms with Gasteiger partial charge in [-0.1, -0.05) is 200 Å². The molecule has 0 unspecified atom stereocenters. The number of carbonyl (C=O) groups is 3. The van der Waals surface area contributed by atoms with E-state index in [1.165, 1.54) is 51.4 Å². The predicted molar refractivity (Wildman–Crippen MR) is 288 cm³/mol. The fraction of sp³-hybridized carbons (Fsp3) is 0.623. The number of hydrogen-bond donors (Lipinski definition) is 0. The normalized spacial score (nSPS) is 13.1. The first-order chi connectivity index (χ1) is 33.0. The summed E-state index contributed by atoms with van der Waals surface area (Å²) >= 11 is 0. The molecule has 6 heteroatoms. The van der Waals surface area contributed by atoms with E-state index in [9.17, 15) is 14.4 Å². The SMILES string of the molecule is CC/C=C\C/C=C\C/C=C\C/C=C\C/C=C\CCCCCC(=O)OC[C@H](COC(=O)CCCCCCC/C=C\CCCCCCCC)OC(=O)CCCC/C=C\C/C=C\C/C=C\C/C=C\CC. The van der Waals surface area contributed by atoms with Crippen molar-refractivity contribution in [3.8, 4) is 0 Å². The van der Waals surface area contributed by atoms with Crippen LogP contribution < -0.4 is 0 Å². The number of allylic oxidation sites excluding steroid dienone is 20. The van der Waals surface area contributed by atoms with Crippen molar-refractivity contribution in [3.05, 3.63) is 122 Å². The van der Waals surface area contributed by atoms with Crippen molar-refractivity contribution in [3.63, 3.8) is 0 Å². The molecule has 0 N–H and O–H groups in total. The second-order valence-electron chi connectivity index (χ2n) is 17.4. The summed E-state index contributed by atoms with van der Waals surface area (Å²) in [5.41, 5.74) is 0. The van der Waals surface area contributed by atoms with Gasteiger partial charge in [0.2, 0.25) is 0 Å². The van der Waals surface area contributed by atoms with Crippen LogP contribution in [-0.2, 0) is 28.6 Å². The highest BCUT2D eigenvalue weighted by Gasteiger charge is 2.19. The summed E-state index contributed by atoms with van der Waals surface area (Å²) in [5, 5.41) is 0. The highest BCUT2D eigenvalue weighted by atomic mass is 16.6. The molecule has 0 aromatic heterocycles. The Hall–Kier alpha value is -4.19. The maximum absolute atomic E-state index is 12.8. The second kappa shape index (κ2) is 54.4. The van der Waals surface area contributed by atoms with Crippen LogP contribution in [0.3, 0.4) is 0 Å². The van der Waals surface area contributed by atoms with Crippen molar-refractivity contribution in [2.24, 2.45) is 0 Å². The maximum atomic E-state index is 12.8. The minimum atomic E-state index is -0.820. The third-order valence-corrected chi connectivity index (χ3v) is 10.9. The first-order valence-electron chi connectivity index (χ1n) is 27.0. The molecule has 0 bridgehead atoms. The van der Waals surface area contributed by atoms with Gasteiger partial charge in [-0.15, -0.1) is 0 Å². The molecule has 0 aliphatic carbocycles. The largest absolute Gasteiger partial charge is 0.462 e. The van der Waals surface area contributed by atoms with Crippen molar-refractivity contribution in [2.45, 2.75) is 232 Å². The average Bonchev–Trinajstić information content (AvgIpc) is 3.33. The standard InChI is InChI=1S/C61H98O6/c1-4-7-10-13-16-19-22-25-28-29-30-31-34-36-39-42-45-48-51-54-60(63)66-57-58(67-61(64)55-52-49-46-43-40-37-33-27-24-21-18-15-12-9-6-3)56-65-59(62)53-50-47-44-41-38-35-32-26-23-20-17-14-11-8-5-2/h7,9-10,12,16,18-19,21,25-28,30-33,36,39-40,43,58H,4-6,8,11,13-15,17,20,22-24,29,34-35,37-38,41-42,44-57H2,1-3H3/b10-7-,12-9-,19-16-,21-18-,28-25-,31-30-,32-26-,33-27-,39-36-,43-40-/t58-/m0/s1. The summed E-state index contributed by atoms with van der Waals surface area (Å²) in [6.45, 7) is 6.32. The summed E-state index contributed by atoms with van der Waals surface area (Å²) in [4.78, 5) is 38.1. The maximum Gasteiger partial charge on any atom is 0.306 e. The summed E-state index contributed by atoms with van der Waals surface area (Å²) in [5.74, 6) is -1.00. The Labute approximate surface area is 412 Å². The zero-order valence-corrected chi connectivity index (χ0v) is 43.1. The minimum Gasteiger partial charge on any atom is -0.462 e. The van der Waals surface area contributed by atoms with Crippen LogP contribution in [0.5, 0.6) is 0 Å². The molecule has 0 heterocycles. The molecule has 0 fully saturated rings. The lowest BCUT2D eigenvalue weighted by atomic mass is 10.1. The van der Waals surface area contributed by atoms with E-state index in [1.807, 2.05) is 0 Å². The highest BCUT2D eigenvalue weighted by molar-refractivity contribution is 5.71.